The average Bonchev–Trinajstić information content (AvgIpc) is 2.37. The van der Waals surface area contributed by atoms with Crippen LogP contribution in [0.25, 0.3) is 0 Å². The fourth-order valence-electron chi connectivity index (χ4n) is 2.99. The molecule has 0 aromatic carbocycles. The summed E-state index contributed by atoms with van der Waals surface area (Å²) in [6.07, 6.45) is 0. The number of nitrogens with two attached hydrogens (primary N) is 1. The van der Waals surface area contributed by atoms with Crippen molar-refractivity contribution in [1.82, 2.24) is 9.88 Å². The molecule has 1 fully saturated rings. The molecule has 1 aromatic rings. The summed E-state index contributed by atoms with van der Waals surface area (Å²) in [5, 5.41) is 0. The summed E-state index contributed by atoms with van der Waals surface area (Å²) < 4.78 is 0. The molecular formula is C16H28N4. The first-order chi connectivity index (χ1) is 9.32. The van der Waals surface area contributed by atoms with E-state index in [4.69, 9.17) is 5.73 Å². The second-order valence-electron chi connectivity index (χ2n) is 6.70. The van der Waals surface area contributed by atoms with Crippen LogP contribution in [0.5, 0.6) is 0 Å². The number of piperazine rings is 1. The largest absolute Gasteiger partial charge is 0.369 e. The van der Waals surface area contributed by atoms with Crippen LogP contribution in [0.15, 0.2) is 6.07 Å². The summed E-state index contributed by atoms with van der Waals surface area (Å²) >= 11 is 0. The number of aryl methyl sites for hydroxylation is 2. The van der Waals surface area contributed by atoms with Crippen molar-refractivity contribution in [3.63, 3.8) is 0 Å². The molecule has 0 bridgehead atoms. The molecule has 4 nitrogen and oxygen atoms in total. The highest BCUT2D eigenvalue weighted by Gasteiger charge is 2.26. The van der Waals surface area contributed by atoms with Gasteiger partial charge in [0.2, 0.25) is 0 Å². The average molecular weight is 276 g/mol. The first-order valence-corrected chi connectivity index (χ1v) is 7.50. The SMILES string of the molecule is Cc1cc(N2CCN(C(C)(C)C)CC2)c(CN)c(C)n1. The fraction of sp³-hybridized carbons (Fsp3) is 0.688. The number of aromatic nitrogens is 1. The summed E-state index contributed by atoms with van der Waals surface area (Å²) in [7, 11) is 0. The minimum absolute atomic E-state index is 0.257. The van der Waals surface area contributed by atoms with Gasteiger partial charge in [0.25, 0.3) is 0 Å². The molecule has 2 rings (SSSR count). The number of nitrogens with zero attached hydrogens (tertiary/aromatic N) is 3. The molecule has 0 atom stereocenters. The number of anilines is 1. The van der Waals surface area contributed by atoms with E-state index in [1.54, 1.807) is 0 Å². The molecule has 1 aliphatic heterocycles. The molecule has 2 N–H and O–H groups in total. The van der Waals surface area contributed by atoms with E-state index >= 15 is 0 Å². The van der Waals surface area contributed by atoms with Crippen LogP contribution >= 0.6 is 0 Å². The normalized spacial score (nSPS) is 17.6. The summed E-state index contributed by atoms with van der Waals surface area (Å²) in [6, 6.07) is 2.18. The summed E-state index contributed by atoms with van der Waals surface area (Å²) in [4.78, 5) is 9.55. The van der Waals surface area contributed by atoms with Crippen LogP contribution in [0.4, 0.5) is 5.69 Å². The Morgan fingerprint density at radius 2 is 1.75 bits per heavy atom. The molecule has 1 aliphatic rings. The molecule has 0 unspecified atom stereocenters. The molecule has 0 radical (unpaired) electrons. The van der Waals surface area contributed by atoms with Gasteiger partial charge in [-0.05, 0) is 40.7 Å². The highest BCUT2D eigenvalue weighted by molar-refractivity contribution is 5.56. The molecule has 0 spiro atoms. The van der Waals surface area contributed by atoms with Crippen LogP contribution in [0.1, 0.15) is 37.7 Å². The summed E-state index contributed by atoms with van der Waals surface area (Å²) in [6.45, 7) is 15.9. The molecule has 0 saturated carbocycles. The molecular weight excluding hydrogens is 248 g/mol. The van der Waals surface area contributed by atoms with Gasteiger partial charge in [-0.1, -0.05) is 0 Å². The van der Waals surface area contributed by atoms with E-state index in [0.717, 1.165) is 37.6 Å². The maximum absolute atomic E-state index is 5.93. The zero-order valence-corrected chi connectivity index (χ0v) is 13.5. The van der Waals surface area contributed by atoms with Crippen molar-refractivity contribution in [2.45, 2.75) is 46.7 Å². The third-order valence-corrected chi connectivity index (χ3v) is 4.21. The minimum atomic E-state index is 0.257. The Balaban J connectivity index is 2.19. The van der Waals surface area contributed by atoms with Crippen LogP contribution < -0.4 is 10.6 Å². The van der Waals surface area contributed by atoms with Gasteiger partial charge in [-0.3, -0.25) is 9.88 Å². The number of rotatable bonds is 2. The third-order valence-electron chi connectivity index (χ3n) is 4.21. The van der Waals surface area contributed by atoms with E-state index in [1.807, 2.05) is 0 Å². The third kappa shape index (κ3) is 3.13. The Labute approximate surface area is 123 Å². The van der Waals surface area contributed by atoms with Crippen molar-refractivity contribution in [2.75, 3.05) is 31.1 Å². The van der Waals surface area contributed by atoms with Crippen molar-refractivity contribution in [2.24, 2.45) is 5.73 Å². The molecule has 20 heavy (non-hydrogen) atoms. The maximum Gasteiger partial charge on any atom is 0.0449 e. The maximum atomic E-state index is 5.93. The van der Waals surface area contributed by atoms with Crippen molar-refractivity contribution < 1.29 is 0 Å². The number of hydrogen-bond donors (Lipinski definition) is 1. The molecule has 0 aliphatic carbocycles. The van der Waals surface area contributed by atoms with E-state index < -0.39 is 0 Å². The predicted octanol–water partition coefficient (Wildman–Crippen LogP) is 2.08. The van der Waals surface area contributed by atoms with Gasteiger partial charge >= 0.3 is 0 Å². The minimum Gasteiger partial charge on any atom is -0.369 e. The standard InChI is InChI=1S/C16H28N4/c1-12-10-15(14(11-17)13(2)18-12)19-6-8-20(9-7-19)16(3,4)5/h10H,6-9,11,17H2,1-5H3. The monoisotopic (exact) mass is 276 g/mol. The lowest BCUT2D eigenvalue weighted by atomic mass is 10.0. The van der Waals surface area contributed by atoms with Gasteiger partial charge in [-0.15, -0.1) is 0 Å². The zero-order valence-electron chi connectivity index (χ0n) is 13.5. The molecule has 2 heterocycles. The predicted molar refractivity (Wildman–Crippen MR) is 85.1 cm³/mol. The van der Waals surface area contributed by atoms with E-state index in [-0.39, 0.29) is 5.54 Å². The Morgan fingerprint density at radius 1 is 1.15 bits per heavy atom. The van der Waals surface area contributed by atoms with Gasteiger partial charge in [-0.25, -0.2) is 0 Å². The van der Waals surface area contributed by atoms with Crippen molar-refractivity contribution >= 4 is 5.69 Å². The van der Waals surface area contributed by atoms with E-state index in [9.17, 15) is 0 Å². The van der Waals surface area contributed by atoms with Crippen molar-refractivity contribution in [3.8, 4) is 0 Å². The summed E-state index contributed by atoms with van der Waals surface area (Å²) in [5.41, 5.74) is 10.8. The van der Waals surface area contributed by atoms with Crippen molar-refractivity contribution in [1.29, 1.82) is 0 Å². The van der Waals surface area contributed by atoms with Gasteiger partial charge in [0.05, 0.1) is 0 Å². The lowest BCUT2D eigenvalue weighted by molar-refractivity contribution is 0.128. The molecule has 112 valence electrons. The Bertz CT molecular complexity index is 468. The Morgan fingerprint density at radius 3 is 2.25 bits per heavy atom. The van der Waals surface area contributed by atoms with Gasteiger partial charge < -0.3 is 10.6 Å². The Hall–Kier alpha value is -1.13. The molecule has 1 saturated heterocycles. The van der Waals surface area contributed by atoms with Crippen LogP contribution in [-0.4, -0.2) is 41.6 Å². The lowest BCUT2D eigenvalue weighted by Crippen LogP contribution is -2.53. The first kappa shape index (κ1) is 15.3. The number of hydrogen-bond acceptors (Lipinski definition) is 4. The topological polar surface area (TPSA) is 45.4 Å². The Kier molecular flexibility index (Phi) is 4.35. The van der Waals surface area contributed by atoms with Gasteiger partial charge in [-0.2, -0.15) is 0 Å². The number of pyridine rings is 1. The smallest absolute Gasteiger partial charge is 0.0449 e. The zero-order chi connectivity index (χ0) is 14.9. The van der Waals surface area contributed by atoms with Crippen molar-refractivity contribution in [3.05, 3.63) is 23.0 Å². The van der Waals surface area contributed by atoms with E-state index in [0.29, 0.717) is 6.54 Å². The summed E-state index contributed by atoms with van der Waals surface area (Å²) in [5.74, 6) is 0. The van der Waals surface area contributed by atoms with Gasteiger partial charge in [0.15, 0.2) is 0 Å². The van der Waals surface area contributed by atoms with Crippen LogP contribution in [0.3, 0.4) is 0 Å². The van der Waals surface area contributed by atoms with Crippen LogP contribution in [-0.2, 0) is 6.54 Å². The highest BCUT2D eigenvalue weighted by Crippen LogP contribution is 2.26. The van der Waals surface area contributed by atoms with Gasteiger partial charge in [0.1, 0.15) is 0 Å². The fourth-order valence-corrected chi connectivity index (χ4v) is 2.99. The second kappa shape index (κ2) is 5.70. The second-order valence-corrected chi connectivity index (χ2v) is 6.70. The highest BCUT2D eigenvalue weighted by atomic mass is 15.3. The quantitative estimate of drug-likeness (QED) is 0.898. The van der Waals surface area contributed by atoms with E-state index in [2.05, 4.69) is 55.5 Å². The van der Waals surface area contributed by atoms with E-state index in [1.165, 1.54) is 11.3 Å². The lowest BCUT2D eigenvalue weighted by Gasteiger charge is -2.43. The molecule has 0 amide bonds. The molecule has 1 aromatic heterocycles. The van der Waals surface area contributed by atoms with Gasteiger partial charge in [0, 0.05) is 60.9 Å². The molecule has 4 heteroatoms. The first-order valence-electron chi connectivity index (χ1n) is 7.50. The van der Waals surface area contributed by atoms with Crippen LogP contribution in [0.2, 0.25) is 0 Å². The van der Waals surface area contributed by atoms with Crippen LogP contribution in [0, 0.1) is 13.8 Å².